The van der Waals surface area contributed by atoms with Crippen LogP contribution in [0.3, 0.4) is 0 Å². The number of rotatable bonds is 4. The molecular formula is C21H17BrN4O. The molecule has 1 unspecified atom stereocenters. The van der Waals surface area contributed by atoms with Crippen LogP contribution in [0.5, 0.6) is 0 Å². The molecule has 0 bridgehead atoms. The summed E-state index contributed by atoms with van der Waals surface area (Å²) in [7, 11) is 0. The van der Waals surface area contributed by atoms with Crippen molar-refractivity contribution in [3.63, 3.8) is 0 Å². The van der Waals surface area contributed by atoms with Crippen molar-refractivity contribution in [3.05, 3.63) is 88.3 Å². The second-order valence-corrected chi connectivity index (χ2v) is 7.11. The van der Waals surface area contributed by atoms with Crippen molar-refractivity contribution in [2.24, 2.45) is 0 Å². The van der Waals surface area contributed by atoms with Crippen molar-refractivity contribution >= 4 is 38.2 Å². The summed E-state index contributed by atoms with van der Waals surface area (Å²) in [6, 6.07) is 17.4. The van der Waals surface area contributed by atoms with Gasteiger partial charge in [-0.05, 0) is 42.3 Å². The molecule has 0 aliphatic heterocycles. The van der Waals surface area contributed by atoms with Crippen LogP contribution in [0.15, 0.2) is 71.5 Å². The van der Waals surface area contributed by atoms with Crippen LogP contribution in [0, 0.1) is 6.92 Å². The minimum atomic E-state index is -0.868. The van der Waals surface area contributed by atoms with E-state index in [1.54, 1.807) is 24.5 Å². The molecular weight excluding hydrogens is 404 g/mol. The largest absolute Gasteiger partial charge is 0.382 e. The molecule has 4 rings (SSSR count). The van der Waals surface area contributed by atoms with E-state index in [0.717, 1.165) is 32.1 Å². The van der Waals surface area contributed by atoms with Crippen LogP contribution in [0.4, 0.5) is 11.5 Å². The molecule has 2 aromatic carbocycles. The van der Waals surface area contributed by atoms with Gasteiger partial charge in [-0.2, -0.15) is 0 Å². The number of aryl methyl sites for hydroxylation is 1. The second kappa shape index (κ2) is 7.42. The lowest BCUT2D eigenvalue weighted by molar-refractivity contribution is 0.216. The normalized spacial score (nSPS) is 12.1. The van der Waals surface area contributed by atoms with Crippen molar-refractivity contribution in [1.82, 2.24) is 15.2 Å². The lowest BCUT2D eigenvalue weighted by Gasteiger charge is -2.15. The molecule has 27 heavy (non-hydrogen) atoms. The molecule has 0 saturated carbocycles. The van der Waals surface area contributed by atoms with E-state index in [9.17, 15) is 5.11 Å². The molecule has 6 heteroatoms. The highest BCUT2D eigenvalue weighted by atomic mass is 79.9. The highest BCUT2D eigenvalue weighted by molar-refractivity contribution is 9.10. The van der Waals surface area contributed by atoms with Gasteiger partial charge in [0.25, 0.3) is 0 Å². The third kappa shape index (κ3) is 3.54. The Balaban J connectivity index is 1.77. The van der Waals surface area contributed by atoms with Crippen LogP contribution >= 0.6 is 15.9 Å². The highest BCUT2D eigenvalue weighted by Gasteiger charge is 2.18. The number of anilines is 2. The zero-order valence-electron chi connectivity index (χ0n) is 14.6. The maximum atomic E-state index is 10.8. The summed E-state index contributed by atoms with van der Waals surface area (Å²) in [5.41, 5.74) is 3.32. The van der Waals surface area contributed by atoms with Crippen molar-refractivity contribution in [1.29, 1.82) is 0 Å². The third-order valence-corrected chi connectivity index (χ3v) is 5.29. The Kier molecular flexibility index (Phi) is 4.83. The molecule has 0 aliphatic rings. The van der Waals surface area contributed by atoms with Crippen molar-refractivity contribution in [3.8, 4) is 0 Å². The van der Waals surface area contributed by atoms with E-state index < -0.39 is 6.10 Å². The first kappa shape index (κ1) is 17.6. The SMILES string of the molecule is Cc1ccc(Nc2nnc(C(O)c3ccncc3)c3ccccc23)cc1Br. The molecule has 0 spiro atoms. The summed E-state index contributed by atoms with van der Waals surface area (Å²) in [6.07, 6.45) is 2.44. The van der Waals surface area contributed by atoms with Gasteiger partial charge in [-0.25, -0.2) is 0 Å². The van der Waals surface area contributed by atoms with Gasteiger partial charge in [0.05, 0.1) is 0 Å². The fourth-order valence-corrected chi connectivity index (χ4v) is 3.31. The number of benzene rings is 2. The van der Waals surface area contributed by atoms with Crippen molar-refractivity contribution in [2.45, 2.75) is 13.0 Å². The fraction of sp³-hybridized carbons (Fsp3) is 0.0952. The predicted octanol–water partition coefficient (Wildman–Crippen LogP) is 4.92. The minimum absolute atomic E-state index is 0.521. The summed E-state index contributed by atoms with van der Waals surface area (Å²) >= 11 is 3.55. The van der Waals surface area contributed by atoms with E-state index in [0.29, 0.717) is 11.5 Å². The Bertz CT molecular complexity index is 1100. The standard InChI is InChI=1S/C21H17BrN4O/c1-13-6-7-15(12-18(13)22)24-21-17-5-3-2-4-16(17)19(25-26-21)20(27)14-8-10-23-11-9-14/h2-12,20,27H,1H3,(H,24,26). The predicted molar refractivity (Wildman–Crippen MR) is 110 cm³/mol. The van der Waals surface area contributed by atoms with Gasteiger partial charge >= 0.3 is 0 Å². The maximum absolute atomic E-state index is 10.8. The van der Waals surface area contributed by atoms with E-state index in [4.69, 9.17) is 0 Å². The quantitative estimate of drug-likeness (QED) is 0.490. The number of aromatic nitrogens is 3. The van der Waals surface area contributed by atoms with Gasteiger partial charge in [-0.15, -0.1) is 10.2 Å². The van der Waals surface area contributed by atoms with Gasteiger partial charge in [-0.1, -0.05) is 46.3 Å². The topological polar surface area (TPSA) is 70.9 Å². The Morgan fingerprint density at radius 1 is 0.963 bits per heavy atom. The number of hydrogen-bond acceptors (Lipinski definition) is 5. The lowest BCUT2D eigenvalue weighted by atomic mass is 10.0. The van der Waals surface area contributed by atoms with Crippen LogP contribution in [0.25, 0.3) is 10.8 Å². The number of halogens is 1. The van der Waals surface area contributed by atoms with Crippen LogP contribution < -0.4 is 5.32 Å². The molecule has 2 N–H and O–H groups in total. The molecule has 0 radical (unpaired) electrons. The number of nitrogens with one attached hydrogen (secondary N) is 1. The number of pyridine rings is 1. The van der Waals surface area contributed by atoms with Crippen LogP contribution in [0.1, 0.15) is 22.9 Å². The Labute approximate surface area is 165 Å². The summed E-state index contributed by atoms with van der Waals surface area (Å²) in [4.78, 5) is 4.00. The molecule has 134 valence electrons. The fourth-order valence-electron chi connectivity index (χ4n) is 2.93. The summed E-state index contributed by atoms with van der Waals surface area (Å²) in [5.74, 6) is 0.645. The maximum Gasteiger partial charge on any atom is 0.160 e. The van der Waals surface area contributed by atoms with E-state index in [-0.39, 0.29) is 0 Å². The third-order valence-electron chi connectivity index (χ3n) is 4.43. The van der Waals surface area contributed by atoms with E-state index >= 15 is 0 Å². The highest BCUT2D eigenvalue weighted by Crippen LogP contribution is 2.31. The smallest absolute Gasteiger partial charge is 0.160 e. The first-order chi connectivity index (χ1) is 13.1. The van der Waals surface area contributed by atoms with Crippen LogP contribution in [-0.4, -0.2) is 20.3 Å². The average molecular weight is 421 g/mol. The number of aliphatic hydroxyl groups excluding tert-OH is 1. The molecule has 0 aliphatic carbocycles. The van der Waals surface area contributed by atoms with Crippen LogP contribution in [0.2, 0.25) is 0 Å². The average Bonchev–Trinajstić information content (AvgIpc) is 2.71. The molecule has 0 fully saturated rings. The van der Waals surface area contributed by atoms with Gasteiger partial charge in [0.15, 0.2) is 5.82 Å². The monoisotopic (exact) mass is 420 g/mol. The van der Waals surface area contributed by atoms with Crippen molar-refractivity contribution in [2.75, 3.05) is 5.32 Å². The first-order valence-electron chi connectivity index (χ1n) is 8.50. The van der Waals surface area contributed by atoms with Crippen LogP contribution in [-0.2, 0) is 0 Å². The van der Waals surface area contributed by atoms with Gasteiger partial charge in [-0.3, -0.25) is 4.98 Å². The Morgan fingerprint density at radius 2 is 1.70 bits per heavy atom. The molecule has 0 amide bonds. The van der Waals surface area contributed by atoms with E-state index in [1.807, 2.05) is 49.4 Å². The second-order valence-electron chi connectivity index (χ2n) is 6.25. The Hall–Kier alpha value is -2.83. The molecule has 2 aromatic heterocycles. The molecule has 1 atom stereocenters. The van der Waals surface area contributed by atoms with Gasteiger partial charge in [0.2, 0.25) is 0 Å². The number of aliphatic hydroxyl groups is 1. The molecule has 5 nitrogen and oxygen atoms in total. The van der Waals surface area contributed by atoms with E-state index in [1.165, 1.54) is 0 Å². The minimum Gasteiger partial charge on any atom is -0.382 e. The van der Waals surface area contributed by atoms with Gasteiger partial charge in [0, 0.05) is 33.3 Å². The molecule has 0 saturated heterocycles. The summed E-state index contributed by atoms with van der Waals surface area (Å²) < 4.78 is 1.02. The summed E-state index contributed by atoms with van der Waals surface area (Å²) in [6.45, 7) is 2.04. The number of nitrogens with zero attached hydrogens (tertiary/aromatic N) is 3. The van der Waals surface area contributed by atoms with Crippen molar-refractivity contribution < 1.29 is 5.11 Å². The van der Waals surface area contributed by atoms with E-state index in [2.05, 4.69) is 36.4 Å². The Morgan fingerprint density at radius 3 is 2.44 bits per heavy atom. The summed E-state index contributed by atoms with van der Waals surface area (Å²) in [5, 5.41) is 24.5. The molecule has 2 heterocycles. The zero-order valence-corrected chi connectivity index (χ0v) is 16.2. The molecule has 4 aromatic rings. The first-order valence-corrected chi connectivity index (χ1v) is 9.29. The van der Waals surface area contributed by atoms with Gasteiger partial charge in [0.1, 0.15) is 11.8 Å². The number of fused-ring (bicyclic) bond motifs is 1. The lowest BCUT2D eigenvalue weighted by Crippen LogP contribution is -2.07. The van der Waals surface area contributed by atoms with Gasteiger partial charge < -0.3 is 10.4 Å². The number of hydrogen-bond donors (Lipinski definition) is 2. The zero-order chi connectivity index (χ0) is 18.8.